The minimum absolute atomic E-state index is 0.0202. The number of carbonyl (C=O) groups is 1. The van der Waals surface area contributed by atoms with Crippen LogP contribution < -0.4 is 9.47 Å². The molecule has 11 heteroatoms. The standard InChI is InChI=1S/C25H17BrCl2N2O6/c1-2-34-22-11-15(9-18(26)23(22)35-13-14-3-6-17(27)7-4-14)10-20-25(31)36-24(29-20)16-5-8-19(28)21(12-16)30(32)33/h3-12H,2,13H2,1H3/b20-10-. The average molecular weight is 592 g/mol. The van der Waals surface area contributed by atoms with Gasteiger partial charge in [0.25, 0.3) is 5.69 Å². The first-order chi connectivity index (χ1) is 17.2. The van der Waals surface area contributed by atoms with Crippen LogP contribution in [0.3, 0.4) is 0 Å². The highest BCUT2D eigenvalue weighted by Crippen LogP contribution is 2.38. The second kappa shape index (κ2) is 11.1. The highest BCUT2D eigenvalue weighted by atomic mass is 79.9. The molecule has 0 saturated heterocycles. The highest BCUT2D eigenvalue weighted by molar-refractivity contribution is 9.10. The Balaban J connectivity index is 1.62. The van der Waals surface area contributed by atoms with Gasteiger partial charge in [0.1, 0.15) is 11.6 Å². The van der Waals surface area contributed by atoms with E-state index in [4.69, 9.17) is 37.4 Å². The minimum atomic E-state index is -0.695. The van der Waals surface area contributed by atoms with Crippen molar-refractivity contribution in [1.29, 1.82) is 0 Å². The fourth-order valence-corrected chi connectivity index (χ4v) is 4.17. The number of carbonyl (C=O) groups excluding carboxylic acids is 1. The van der Waals surface area contributed by atoms with Gasteiger partial charge in [-0.25, -0.2) is 9.79 Å². The lowest BCUT2D eigenvalue weighted by molar-refractivity contribution is -0.384. The minimum Gasteiger partial charge on any atom is -0.490 e. The van der Waals surface area contributed by atoms with Crippen molar-refractivity contribution >= 4 is 62.8 Å². The third-order valence-electron chi connectivity index (χ3n) is 4.94. The molecule has 0 saturated carbocycles. The second-order valence-corrected chi connectivity index (χ2v) is 9.14. The fraction of sp³-hybridized carbons (Fsp3) is 0.120. The van der Waals surface area contributed by atoms with Crippen molar-refractivity contribution in [2.24, 2.45) is 4.99 Å². The zero-order valence-corrected chi connectivity index (χ0v) is 21.8. The van der Waals surface area contributed by atoms with E-state index in [2.05, 4.69) is 20.9 Å². The Morgan fingerprint density at radius 3 is 2.56 bits per heavy atom. The largest absolute Gasteiger partial charge is 0.490 e. The van der Waals surface area contributed by atoms with E-state index in [-0.39, 0.29) is 27.9 Å². The van der Waals surface area contributed by atoms with E-state index in [0.29, 0.717) is 39.8 Å². The molecule has 0 spiro atoms. The van der Waals surface area contributed by atoms with Gasteiger partial charge in [-0.05, 0) is 76.5 Å². The van der Waals surface area contributed by atoms with E-state index in [1.165, 1.54) is 24.3 Å². The van der Waals surface area contributed by atoms with Crippen molar-refractivity contribution in [3.05, 3.63) is 102 Å². The summed E-state index contributed by atoms with van der Waals surface area (Å²) in [7, 11) is 0. The summed E-state index contributed by atoms with van der Waals surface area (Å²) in [5.74, 6) is 0.218. The molecule has 0 amide bonds. The van der Waals surface area contributed by atoms with Gasteiger partial charge in [-0.3, -0.25) is 10.1 Å². The van der Waals surface area contributed by atoms with Crippen molar-refractivity contribution in [2.75, 3.05) is 6.61 Å². The lowest BCUT2D eigenvalue weighted by atomic mass is 10.1. The van der Waals surface area contributed by atoms with E-state index < -0.39 is 10.9 Å². The molecule has 0 fully saturated rings. The number of ether oxygens (including phenoxy) is 3. The molecule has 0 aliphatic carbocycles. The summed E-state index contributed by atoms with van der Waals surface area (Å²) < 4.78 is 17.6. The normalized spacial score (nSPS) is 13.9. The van der Waals surface area contributed by atoms with Crippen LogP contribution in [0, 0.1) is 10.1 Å². The second-order valence-electron chi connectivity index (χ2n) is 7.44. The molecule has 184 valence electrons. The number of halogens is 3. The Morgan fingerprint density at radius 2 is 1.86 bits per heavy atom. The number of rotatable bonds is 8. The van der Waals surface area contributed by atoms with Gasteiger partial charge in [0.05, 0.1) is 16.0 Å². The molecule has 0 unspecified atom stereocenters. The van der Waals surface area contributed by atoms with Gasteiger partial charge in [-0.15, -0.1) is 0 Å². The van der Waals surface area contributed by atoms with Crippen molar-refractivity contribution in [1.82, 2.24) is 0 Å². The van der Waals surface area contributed by atoms with Gasteiger partial charge in [0.15, 0.2) is 17.2 Å². The number of nitro groups is 1. The van der Waals surface area contributed by atoms with Crippen molar-refractivity contribution < 1.29 is 23.9 Å². The van der Waals surface area contributed by atoms with Crippen molar-refractivity contribution in [3.63, 3.8) is 0 Å². The van der Waals surface area contributed by atoms with Crippen LogP contribution in [-0.2, 0) is 16.1 Å². The Morgan fingerprint density at radius 1 is 1.11 bits per heavy atom. The summed E-state index contributed by atoms with van der Waals surface area (Å²) in [5, 5.41) is 11.8. The molecule has 0 atom stereocenters. The first-order valence-corrected chi connectivity index (χ1v) is 12.1. The maximum absolute atomic E-state index is 12.5. The van der Waals surface area contributed by atoms with Gasteiger partial charge in [0, 0.05) is 16.7 Å². The van der Waals surface area contributed by atoms with Crippen LogP contribution in [0.25, 0.3) is 6.08 Å². The van der Waals surface area contributed by atoms with Gasteiger partial charge >= 0.3 is 5.97 Å². The van der Waals surface area contributed by atoms with Crippen molar-refractivity contribution in [3.8, 4) is 11.5 Å². The lowest BCUT2D eigenvalue weighted by Crippen LogP contribution is -2.06. The molecule has 0 aromatic heterocycles. The van der Waals surface area contributed by atoms with Crippen LogP contribution in [0.2, 0.25) is 10.0 Å². The predicted molar refractivity (Wildman–Crippen MR) is 140 cm³/mol. The molecule has 3 aromatic carbocycles. The number of cyclic esters (lactones) is 1. The van der Waals surface area contributed by atoms with E-state index >= 15 is 0 Å². The van der Waals surface area contributed by atoms with Crippen LogP contribution in [0.1, 0.15) is 23.6 Å². The molecule has 1 aliphatic heterocycles. The third kappa shape index (κ3) is 5.87. The SMILES string of the molecule is CCOc1cc(/C=C2\N=C(c3ccc(Cl)c([N+](=O)[O-])c3)OC2=O)cc(Br)c1OCc1ccc(Cl)cc1. The average Bonchev–Trinajstić information content (AvgIpc) is 3.20. The maximum atomic E-state index is 12.5. The number of hydrogen-bond donors (Lipinski definition) is 0. The van der Waals surface area contributed by atoms with Gasteiger partial charge in [0.2, 0.25) is 5.90 Å². The predicted octanol–water partition coefficient (Wildman–Crippen LogP) is 6.99. The number of esters is 1. The first kappa shape index (κ1) is 25.7. The fourth-order valence-electron chi connectivity index (χ4n) is 3.29. The number of nitro benzene ring substituents is 1. The monoisotopic (exact) mass is 590 g/mol. The van der Waals surface area contributed by atoms with Gasteiger partial charge in [-0.1, -0.05) is 35.3 Å². The molecular formula is C25H17BrCl2N2O6. The van der Waals surface area contributed by atoms with Crippen LogP contribution >= 0.6 is 39.1 Å². The Kier molecular flexibility index (Phi) is 7.93. The lowest BCUT2D eigenvalue weighted by Gasteiger charge is -2.15. The number of nitrogens with zero attached hydrogens (tertiary/aromatic N) is 2. The summed E-state index contributed by atoms with van der Waals surface area (Å²) in [6, 6.07) is 14.8. The van der Waals surface area contributed by atoms with Crippen LogP contribution in [0.15, 0.2) is 69.8 Å². The molecule has 1 aliphatic rings. The molecule has 0 radical (unpaired) electrons. The van der Waals surface area contributed by atoms with Crippen LogP contribution in [0.4, 0.5) is 5.69 Å². The smallest absolute Gasteiger partial charge is 0.363 e. The summed E-state index contributed by atoms with van der Waals surface area (Å²) in [4.78, 5) is 27.2. The highest BCUT2D eigenvalue weighted by Gasteiger charge is 2.26. The molecule has 8 nitrogen and oxygen atoms in total. The third-order valence-corrected chi connectivity index (χ3v) is 6.10. The Hall–Kier alpha value is -3.40. The quantitative estimate of drug-likeness (QED) is 0.121. The van der Waals surface area contributed by atoms with E-state index in [1.807, 2.05) is 19.1 Å². The van der Waals surface area contributed by atoms with E-state index in [9.17, 15) is 14.9 Å². The zero-order chi connectivity index (χ0) is 25.8. The molecular weight excluding hydrogens is 575 g/mol. The first-order valence-electron chi connectivity index (χ1n) is 10.6. The summed E-state index contributed by atoms with van der Waals surface area (Å²) >= 11 is 15.3. The maximum Gasteiger partial charge on any atom is 0.363 e. The summed E-state index contributed by atoms with van der Waals surface area (Å²) in [5.41, 5.74) is 1.49. The van der Waals surface area contributed by atoms with E-state index in [1.54, 1.807) is 24.3 Å². The topological polar surface area (TPSA) is 100 Å². The molecule has 1 heterocycles. The summed E-state index contributed by atoms with van der Waals surface area (Å²) in [6.07, 6.45) is 1.52. The molecule has 4 rings (SSSR count). The Bertz CT molecular complexity index is 1410. The number of aliphatic imine (C=N–C) groups is 1. The molecule has 0 N–H and O–H groups in total. The van der Waals surface area contributed by atoms with Crippen molar-refractivity contribution in [2.45, 2.75) is 13.5 Å². The molecule has 0 bridgehead atoms. The number of benzene rings is 3. The van der Waals surface area contributed by atoms with E-state index in [0.717, 1.165) is 5.56 Å². The van der Waals surface area contributed by atoms with Gasteiger partial charge in [-0.2, -0.15) is 0 Å². The number of hydrogen-bond acceptors (Lipinski definition) is 7. The van der Waals surface area contributed by atoms with Crippen LogP contribution in [-0.4, -0.2) is 23.4 Å². The summed E-state index contributed by atoms with van der Waals surface area (Å²) in [6.45, 7) is 2.53. The van der Waals surface area contributed by atoms with Crippen LogP contribution in [0.5, 0.6) is 11.5 Å². The molecule has 36 heavy (non-hydrogen) atoms. The molecule has 3 aromatic rings. The Labute approximate surface area is 224 Å². The zero-order valence-electron chi connectivity index (χ0n) is 18.7. The van der Waals surface area contributed by atoms with Gasteiger partial charge < -0.3 is 14.2 Å².